The van der Waals surface area contributed by atoms with Gasteiger partial charge in [-0.3, -0.25) is 4.79 Å². The van der Waals surface area contributed by atoms with Crippen LogP contribution in [-0.2, 0) is 20.9 Å². The molecular weight excluding hydrogens is 256 g/mol. The molecule has 0 aromatic heterocycles. The molecule has 0 amide bonds. The fourth-order valence-corrected chi connectivity index (χ4v) is 1.77. The van der Waals surface area contributed by atoms with Crippen molar-refractivity contribution in [2.45, 2.75) is 20.0 Å². The molecule has 0 aliphatic rings. The van der Waals surface area contributed by atoms with Crippen LogP contribution in [-0.4, -0.2) is 30.9 Å². The zero-order valence-corrected chi connectivity index (χ0v) is 11.8. The highest BCUT2D eigenvalue weighted by Crippen LogP contribution is 2.10. The van der Waals surface area contributed by atoms with Crippen molar-refractivity contribution in [3.63, 3.8) is 0 Å². The normalized spacial score (nSPS) is 12.5. The lowest BCUT2D eigenvalue weighted by Gasteiger charge is -2.12. The quantitative estimate of drug-likeness (QED) is 0.556. The second-order valence-corrected chi connectivity index (χ2v) is 4.38. The van der Waals surface area contributed by atoms with Gasteiger partial charge in [0.1, 0.15) is 0 Å². The summed E-state index contributed by atoms with van der Waals surface area (Å²) in [4.78, 5) is 11.5. The summed E-state index contributed by atoms with van der Waals surface area (Å²) in [6.07, 6.45) is 3.68. The zero-order chi connectivity index (χ0) is 14.6. The highest BCUT2D eigenvalue weighted by molar-refractivity contribution is 5.69. The molecule has 0 radical (unpaired) electrons. The molecule has 0 heterocycles. The topological polar surface area (TPSA) is 55.8 Å². The van der Waals surface area contributed by atoms with Crippen LogP contribution in [0.5, 0.6) is 0 Å². The number of esters is 1. The Balaban J connectivity index is 2.40. The molecule has 0 aliphatic carbocycles. The lowest BCUT2D eigenvalue weighted by Crippen LogP contribution is -2.15. The highest BCUT2D eigenvalue weighted by atomic mass is 16.5. The van der Waals surface area contributed by atoms with Crippen LogP contribution in [0.25, 0.3) is 0 Å². The van der Waals surface area contributed by atoms with E-state index in [0.717, 1.165) is 5.56 Å². The van der Waals surface area contributed by atoms with Gasteiger partial charge < -0.3 is 14.6 Å². The number of hydrogen-bond acceptors (Lipinski definition) is 4. The Hall–Kier alpha value is -1.65. The van der Waals surface area contributed by atoms with Gasteiger partial charge in [-0.1, -0.05) is 42.5 Å². The molecule has 1 rings (SSSR count). The lowest BCUT2D eigenvalue weighted by atomic mass is 10.1. The van der Waals surface area contributed by atoms with Crippen LogP contribution in [0.3, 0.4) is 0 Å². The summed E-state index contributed by atoms with van der Waals surface area (Å²) in [5, 5.41) is 8.81. The summed E-state index contributed by atoms with van der Waals surface area (Å²) in [6, 6.07) is 9.85. The van der Waals surface area contributed by atoms with Gasteiger partial charge in [0, 0.05) is 5.92 Å². The number of aliphatic hydroxyl groups is 1. The van der Waals surface area contributed by atoms with Gasteiger partial charge in [0.25, 0.3) is 0 Å². The van der Waals surface area contributed by atoms with Crippen LogP contribution >= 0.6 is 0 Å². The predicted molar refractivity (Wildman–Crippen MR) is 77.1 cm³/mol. The molecule has 0 fully saturated rings. The third kappa shape index (κ3) is 7.07. The molecule has 1 aromatic rings. The van der Waals surface area contributed by atoms with E-state index < -0.39 is 0 Å². The van der Waals surface area contributed by atoms with E-state index in [2.05, 4.69) is 0 Å². The zero-order valence-electron chi connectivity index (χ0n) is 11.8. The number of ether oxygens (including phenoxy) is 2. The van der Waals surface area contributed by atoms with E-state index >= 15 is 0 Å². The third-order valence-electron chi connectivity index (χ3n) is 2.69. The van der Waals surface area contributed by atoms with E-state index in [1.807, 2.05) is 30.3 Å². The van der Waals surface area contributed by atoms with Gasteiger partial charge >= 0.3 is 5.97 Å². The van der Waals surface area contributed by atoms with Crippen molar-refractivity contribution in [1.29, 1.82) is 0 Å². The van der Waals surface area contributed by atoms with E-state index in [1.54, 1.807) is 19.1 Å². The standard InChI is InChI=1S/C16H22O4/c1-2-20-16(18)11-15(9-6-10-17)13-19-12-14-7-4-3-5-8-14/h3-9,15,17H,2,10-13H2,1H3/b9-6+/t15-/m0/s1. The summed E-state index contributed by atoms with van der Waals surface area (Å²) >= 11 is 0. The predicted octanol–water partition coefficient (Wildman–Crippen LogP) is 2.32. The van der Waals surface area contributed by atoms with Crippen molar-refractivity contribution < 1.29 is 19.4 Å². The second kappa shape index (κ2) is 10.2. The first kappa shape index (κ1) is 16.4. The minimum atomic E-state index is -0.247. The molecule has 110 valence electrons. The van der Waals surface area contributed by atoms with Crippen LogP contribution in [0.1, 0.15) is 18.9 Å². The van der Waals surface area contributed by atoms with Gasteiger partial charge in [-0.25, -0.2) is 0 Å². The van der Waals surface area contributed by atoms with Crippen molar-refractivity contribution >= 4 is 5.97 Å². The Morgan fingerprint density at radius 2 is 2.10 bits per heavy atom. The highest BCUT2D eigenvalue weighted by Gasteiger charge is 2.12. The SMILES string of the molecule is CCOC(=O)C[C@H](/C=C/CO)COCc1ccccc1. The Kier molecular flexibility index (Phi) is 8.35. The largest absolute Gasteiger partial charge is 0.466 e. The van der Waals surface area contributed by atoms with Crippen molar-refractivity contribution in [2.75, 3.05) is 19.8 Å². The van der Waals surface area contributed by atoms with E-state index in [4.69, 9.17) is 14.6 Å². The minimum absolute atomic E-state index is 0.0436. The van der Waals surface area contributed by atoms with E-state index in [1.165, 1.54) is 0 Å². The number of benzene rings is 1. The molecule has 0 saturated carbocycles. The summed E-state index contributed by atoms with van der Waals surface area (Å²) in [5.74, 6) is -0.326. The fourth-order valence-electron chi connectivity index (χ4n) is 1.77. The lowest BCUT2D eigenvalue weighted by molar-refractivity contribution is -0.144. The first-order valence-electron chi connectivity index (χ1n) is 6.81. The van der Waals surface area contributed by atoms with E-state index in [0.29, 0.717) is 19.8 Å². The number of aliphatic hydroxyl groups excluding tert-OH is 1. The van der Waals surface area contributed by atoms with Crippen molar-refractivity contribution in [3.8, 4) is 0 Å². The third-order valence-corrected chi connectivity index (χ3v) is 2.69. The molecule has 1 atom stereocenters. The average molecular weight is 278 g/mol. The molecular formula is C16H22O4. The van der Waals surface area contributed by atoms with Crippen molar-refractivity contribution in [1.82, 2.24) is 0 Å². The van der Waals surface area contributed by atoms with Gasteiger partial charge in [0.2, 0.25) is 0 Å². The van der Waals surface area contributed by atoms with Gasteiger partial charge in [-0.15, -0.1) is 0 Å². The molecule has 4 nitrogen and oxygen atoms in total. The molecule has 0 saturated heterocycles. The number of rotatable bonds is 9. The summed E-state index contributed by atoms with van der Waals surface area (Å²) in [7, 11) is 0. The minimum Gasteiger partial charge on any atom is -0.466 e. The molecule has 0 bridgehead atoms. The second-order valence-electron chi connectivity index (χ2n) is 4.38. The maximum Gasteiger partial charge on any atom is 0.306 e. The van der Waals surface area contributed by atoms with Crippen LogP contribution in [0.2, 0.25) is 0 Å². The molecule has 20 heavy (non-hydrogen) atoms. The maximum atomic E-state index is 11.5. The van der Waals surface area contributed by atoms with Crippen molar-refractivity contribution in [2.24, 2.45) is 5.92 Å². The van der Waals surface area contributed by atoms with Crippen molar-refractivity contribution in [3.05, 3.63) is 48.0 Å². The van der Waals surface area contributed by atoms with Crippen LogP contribution in [0.15, 0.2) is 42.5 Å². The number of carbonyl (C=O) groups is 1. The molecule has 0 unspecified atom stereocenters. The number of carbonyl (C=O) groups excluding carboxylic acids is 1. The Morgan fingerprint density at radius 3 is 2.75 bits per heavy atom. The molecule has 0 spiro atoms. The summed E-state index contributed by atoms with van der Waals surface area (Å²) < 4.78 is 10.5. The monoisotopic (exact) mass is 278 g/mol. The Bertz CT molecular complexity index is 400. The van der Waals surface area contributed by atoms with Crippen LogP contribution in [0.4, 0.5) is 0 Å². The fraction of sp³-hybridized carbons (Fsp3) is 0.438. The van der Waals surface area contributed by atoms with Crippen LogP contribution in [0, 0.1) is 5.92 Å². The van der Waals surface area contributed by atoms with E-state index in [-0.39, 0.29) is 24.9 Å². The Labute approximate surface area is 120 Å². The molecule has 0 aliphatic heterocycles. The van der Waals surface area contributed by atoms with Gasteiger partial charge in [-0.05, 0) is 12.5 Å². The summed E-state index contributed by atoms with van der Waals surface area (Å²) in [5.41, 5.74) is 1.09. The first-order valence-corrected chi connectivity index (χ1v) is 6.81. The van der Waals surface area contributed by atoms with Gasteiger partial charge in [-0.2, -0.15) is 0 Å². The molecule has 4 heteroatoms. The molecule has 1 N–H and O–H groups in total. The smallest absolute Gasteiger partial charge is 0.306 e. The number of hydrogen-bond donors (Lipinski definition) is 1. The average Bonchev–Trinajstić information content (AvgIpc) is 2.46. The molecule has 1 aromatic carbocycles. The maximum absolute atomic E-state index is 11.5. The Morgan fingerprint density at radius 1 is 1.35 bits per heavy atom. The summed E-state index contributed by atoms with van der Waals surface area (Å²) in [6.45, 7) is 3.04. The first-order chi connectivity index (χ1) is 9.76. The van der Waals surface area contributed by atoms with Gasteiger partial charge in [0.15, 0.2) is 0 Å². The van der Waals surface area contributed by atoms with Crippen LogP contribution < -0.4 is 0 Å². The van der Waals surface area contributed by atoms with Gasteiger partial charge in [0.05, 0.1) is 32.8 Å². The van der Waals surface area contributed by atoms with E-state index in [9.17, 15) is 4.79 Å².